The lowest BCUT2D eigenvalue weighted by Gasteiger charge is -2.07. The van der Waals surface area contributed by atoms with Gasteiger partial charge in [0, 0.05) is 47.6 Å². The molecule has 0 bridgehead atoms. The number of benzene rings is 2. The van der Waals surface area contributed by atoms with E-state index in [0.717, 1.165) is 28.7 Å². The summed E-state index contributed by atoms with van der Waals surface area (Å²) in [5.41, 5.74) is 2.37. The van der Waals surface area contributed by atoms with E-state index < -0.39 is 0 Å². The molecule has 6 nitrogen and oxygen atoms in total. The highest BCUT2D eigenvalue weighted by atomic mass is 16.5. The molecule has 1 N–H and O–H groups in total. The molecule has 0 radical (unpaired) electrons. The Morgan fingerprint density at radius 3 is 2.90 bits per heavy atom. The normalized spacial score (nSPS) is 11.1. The molecule has 0 unspecified atom stereocenters. The number of fused-ring (bicyclic) bond motifs is 1. The first-order chi connectivity index (χ1) is 14.2. The van der Waals surface area contributed by atoms with Gasteiger partial charge in [-0.25, -0.2) is 4.98 Å². The number of furan rings is 1. The van der Waals surface area contributed by atoms with Crippen molar-refractivity contribution in [1.82, 2.24) is 9.97 Å². The van der Waals surface area contributed by atoms with Crippen LogP contribution in [-0.2, 0) is 11.2 Å². The molecular formula is C23H19N3O3. The predicted octanol–water partition coefficient (Wildman–Crippen LogP) is 5.23. The number of ether oxygens (including phenoxy) is 1. The number of hydrogen-bond acceptors (Lipinski definition) is 5. The minimum atomic E-state index is -0.242. The van der Waals surface area contributed by atoms with E-state index in [0.29, 0.717) is 17.3 Å². The maximum absolute atomic E-state index is 12.4. The van der Waals surface area contributed by atoms with E-state index in [1.807, 2.05) is 31.2 Å². The van der Waals surface area contributed by atoms with Gasteiger partial charge in [0.15, 0.2) is 0 Å². The minimum absolute atomic E-state index is 0.242. The lowest BCUT2D eigenvalue weighted by Crippen LogP contribution is -2.07. The summed E-state index contributed by atoms with van der Waals surface area (Å²) < 4.78 is 11.5. The SMILES string of the molecule is CCc1oc2ccccc2c1/C=C/C(=O)Nc1cccc(Oc2cnccn2)c1. The summed E-state index contributed by atoms with van der Waals surface area (Å²) in [6.07, 6.45) is 8.69. The summed E-state index contributed by atoms with van der Waals surface area (Å²) in [6.45, 7) is 2.03. The third kappa shape index (κ3) is 4.32. The molecular weight excluding hydrogens is 366 g/mol. The number of aryl methyl sites for hydroxylation is 1. The van der Waals surface area contributed by atoms with E-state index in [4.69, 9.17) is 9.15 Å². The molecule has 2 aromatic carbocycles. The van der Waals surface area contributed by atoms with Crippen molar-refractivity contribution < 1.29 is 13.9 Å². The standard InChI is InChI=1S/C23H19N3O3/c1-2-20-19(18-8-3-4-9-21(18)29-20)10-11-22(27)26-16-6-5-7-17(14-16)28-23-15-24-12-13-25-23/h3-15H,2H2,1H3,(H,26,27)/b11-10+. The number of hydrogen-bond donors (Lipinski definition) is 1. The van der Waals surface area contributed by atoms with Gasteiger partial charge in [-0.1, -0.05) is 31.2 Å². The van der Waals surface area contributed by atoms with E-state index in [-0.39, 0.29) is 5.91 Å². The number of para-hydroxylation sites is 1. The molecule has 4 rings (SSSR count). The fraction of sp³-hybridized carbons (Fsp3) is 0.0870. The van der Waals surface area contributed by atoms with Crippen LogP contribution in [0.1, 0.15) is 18.2 Å². The Bertz CT molecular complexity index is 1170. The van der Waals surface area contributed by atoms with Crippen molar-refractivity contribution in [2.45, 2.75) is 13.3 Å². The van der Waals surface area contributed by atoms with Crippen LogP contribution in [-0.4, -0.2) is 15.9 Å². The van der Waals surface area contributed by atoms with Gasteiger partial charge in [0.1, 0.15) is 17.1 Å². The molecule has 1 amide bonds. The monoisotopic (exact) mass is 385 g/mol. The summed E-state index contributed by atoms with van der Waals surface area (Å²) in [7, 11) is 0. The smallest absolute Gasteiger partial charge is 0.248 e. The highest BCUT2D eigenvalue weighted by molar-refractivity contribution is 6.03. The van der Waals surface area contributed by atoms with E-state index >= 15 is 0 Å². The van der Waals surface area contributed by atoms with Crippen LogP contribution >= 0.6 is 0 Å². The molecule has 6 heteroatoms. The van der Waals surface area contributed by atoms with Crippen LogP contribution in [0.3, 0.4) is 0 Å². The van der Waals surface area contributed by atoms with Crippen LogP contribution in [0.4, 0.5) is 5.69 Å². The molecule has 2 aromatic heterocycles. The fourth-order valence-electron chi connectivity index (χ4n) is 3.00. The van der Waals surface area contributed by atoms with Crippen molar-refractivity contribution in [3.05, 3.63) is 84.5 Å². The van der Waals surface area contributed by atoms with Gasteiger partial charge in [-0.3, -0.25) is 9.78 Å². The molecule has 0 spiro atoms. The van der Waals surface area contributed by atoms with Gasteiger partial charge in [-0.15, -0.1) is 0 Å². The Morgan fingerprint density at radius 1 is 1.17 bits per heavy atom. The van der Waals surface area contributed by atoms with Crippen molar-refractivity contribution in [2.24, 2.45) is 0 Å². The van der Waals surface area contributed by atoms with Crippen molar-refractivity contribution >= 4 is 28.6 Å². The highest BCUT2D eigenvalue weighted by Crippen LogP contribution is 2.27. The maximum Gasteiger partial charge on any atom is 0.248 e. The summed E-state index contributed by atoms with van der Waals surface area (Å²) in [6, 6.07) is 14.9. The van der Waals surface area contributed by atoms with Crippen LogP contribution in [0.2, 0.25) is 0 Å². The van der Waals surface area contributed by atoms with Gasteiger partial charge in [0.2, 0.25) is 11.8 Å². The lowest BCUT2D eigenvalue weighted by atomic mass is 10.1. The first-order valence-corrected chi connectivity index (χ1v) is 9.26. The number of carbonyl (C=O) groups is 1. The molecule has 29 heavy (non-hydrogen) atoms. The topological polar surface area (TPSA) is 77.2 Å². The average Bonchev–Trinajstić information content (AvgIpc) is 3.11. The van der Waals surface area contributed by atoms with E-state index in [2.05, 4.69) is 15.3 Å². The van der Waals surface area contributed by atoms with Gasteiger partial charge in [-0.05, 0) is 24.3 Å². The molecule has 0 atom stereocenters. The van der Waals surface area contributed by atoms with Crippen LogP contribution in [0, 0.1) is 0 Å². The Kier molecular flexibility index (Phi) is 5.33. The highest BCUT2D eigenvalue weighted by Gasteiger charge is 2.10. The maximum atomic E-state index is 12.4. The molecule has 4 aromatic rings. The summed E-state index contributed by atoms with van der Waals surface area (Å²) in [5.74, 6) is 1.56. The van der Waals surface area contributed by atoms with Gasteiger partial charge >= 0.3 is 0 Å². The number of nitrogens with zero attached hydrogens (tertiary/aromatic N) is 2. The van der Waals surface area contributed by atoms with Gasteiger partial charge < -0.3 is 14.5 Å². The Balaban J connectivity index is 1.48. The zero-order valence-corrected chi connectivity index (χ0v) is 15.8. The summed E-state index contributed by atoms with van der Waals surface area (Å²) in [5, 5.41) is 3.84. The Morgan fingerprint density at radius 2 is 2.07 bits per heavy atom. The van der Waals surface area contributed by atoms with Crippen LogP contribution in [0.5, 0.6) is 11.6 Å². The zero-order chi connectivity index (χ0) is 20.1. The van der Waals surface area contributed by atoms with Crippen molar-refractivity contribution in [1.29, 1.82) is 0 Å². The zero-order valence-electron chi connectivity index (χ0n) is 15.8. The van der Waals surface area contributed by atoms with Crippen LogP contribution in [0.25, 0.3) is 17.0 Å². The second-order valence-corrected chi connectivity index (χ2v) is 6.28. The largest absolute Gasteiger partial charge is 0.460 e. The van der Waals surface area contributed by atoms with Gasteiger partial charge in [0.05, 0.1) is 6.20 Å². The average molecular weight is 385 g/mol. The minimum Gasteiger partial charge on any atom is -0.460 e. The van der Waals surface area contributed by atoms with E-state index in [9.17, 15) is 4.79 Å². The van der Waals surface area contributed by atoms with Crippen molar-refractivity contribution in [3.63, 3.8) is 0 Å². The van der Waals surface area contributed by atoms with Gasteiger partial charge in [0.25, 0.3) is 0 Å². The Labute approximate surface area is 167 Å². The number of rotatable bonds is 6. The van der Waals surface area contributed by atoms with Crippen LogP contribution in [0.15, 0.2) is 77.6 Å². The third-order valence-corrected chi connectivity index (χ3v) is 4.30. The molecule has 0 saturated heterocycles. The second kappa shape index (κ2) is 8.39. The summed E-state index contributed by atoms with van der Waals surface area (Å²) >= 11 is 0. The lowest BCUT2D eigenvalue weighted by molar-refractivity contribution is -0.111. The van der Waals surface area contributed by atoms with Crippen molar-refractivity contribution in [2.75, 3.05) is 5.32 Å². The third-order valence-electron chi connectivity index (χ3n) is 4.30. The number of aromatic nitrogens is 2. The van der Waals surface area contributed by atoms with Crippen LogP contribution < -0.4 is 10.1 Å². The molecule has 144 valence electrons. The molecule has 2 heterocycles. The molecule has 0 aliphatic carbocycles. The predicted molar refractivity (Wildman–Crippen MR) is 112 cm³/mol. The number of nitrogens with one attached hydrogen (secondary N) is 1. The molecule has 0 saturated carbocycles. The number of anilines is 1. The quantitative estimate of drug-likeness (QED) is 0.460. The second-order valence-electron chi connectivity index (χ2n) is 6.28. The van der Waals surface area contributed by atoms with Crippen molar-refractivity contribution in [3.8, 4) is 11.6 Å². The fourth-order valence-corrected chi connectivity index (χ4v) is 3.00. The summed E-state index contributed by atoms with van der Waals surface area (Å²) in [4.78, 5) is 20.5. The Hall–Kier alpha value is -3.93. The van der Waals surface area contributed by atoms with E-state index in [1.54, 1.807) is 42.7 Å². The first-order valence-electron chi connectivity index (χ1n) is 9.26. The van der Waals surface area contributed by atoms with E-state index in [1.165, 1.54) is 12.3 Å². The number of amides is 1. The molecule has 0 aliphatic rings. The first kappa shape index (κ1) is 18.4. The molecule has 0 aliphatic heterocycles. The van der Waals surface area contributed by atoms with Gasteiger partial charge in [-0.2, -0.15) is 0 Å². The number of carbonyl (C=O) groups excluding carboxylic acids is 1. The molecule has 0 fully saturated rings.